The van der Waals surface area contributed by atoms with Crippen LogP contribution in [0, 0.1) is 6.92 Å². The number of pyridine rings is 1. The summed E-state index contributed by atoms with van der Waals surface area (Å²) in [6, 6.07) is 13.8. The van der Waals surface area contributed by atoms with Crippen molar-refractivity contribution in [3.63, 3.8) is 0 Å². The molecule has 2 aliphatic heterocycles. The summed E-state index contributed by atoms with van der Waals surface area (Å²) in [6.07, 6.45) is 4.15. The lowest BCUT2D eigenvalue weighted by molar-refractivity contribution is -0.122. The van der Waals surface area contributed by atoms with Crippen LogP contribution in [0.1, 0.15) is 16.7 Å². The topological polar surface area (TPSA) is 57.9 Å². The Kier molecular flexibility index (Phi) is 6.76. The average Bonchev–Trinajstić information content (AvgIpc) is 3.13. The number of thioether (sulfide) groups is 2. The SMILES string of the molecule is Cc1cccn2c(=O)c(/C=C3\SC(=S)N(CCc4ccccc4)C3=O)c(N3CCSCC3)nc12. The lowest BCUT2D eigenvalue weighted by Gasteiger charge is -2.29. The minimum Gasteiger partial charge on any atom is -0.354 e. The number of nitrogens with zero attached hydrogens (tertiary/aromatic N) is 4. The first-order valence-corrected chi connectivity index (χ1v) is 13.5. The summed E-state index contributed by atoms with van der Waals surface area (Å²) in [5.74, 6) is 2.46. The second-order valence-electron chi connectivity index (χ2n) is 8.21. The van der Waals surface area contributed by atoms with Gasteiger partial charge in [-0.2, -0.15) is 11.8 Å². The molecule has 0 bridgehead atoms. The summed E-state index contributed by atoms with van der Waals surface area (Å²) in [5.41, 5.74) is 3.01. The molecule has 2 fully saturated rings. The fraction of sp³-hybridized carbons (Fsp3) is 0.280. The first-order valence-electron chi connectivity index (χ1n) is 11.2. The normalized spacial score (nSPS) is 17.9. The summed E-state index contributed by atoms with van der Waals surface area (Å²) in [6.45, 7) is 4.10. The van der Waals surface area contributed by atoms with Crippen molar-refractivity contribution in [2.45, 2.75) is 13.3 Å². The summed E-state index contributed by atoms with van der Waals surface area (Å²) in [5, 5.41) is 0. The molecule has 174 valence electrons. The van der Waals surface area contributed by atoms with Crippen LogP contribution < -0.4 is 10.5 Å². The Labute approximate surface area is 212 Å². The van der Waals surface area contributed by atoms with Crippen LogP contribution in [0.25, 0.3) is 11.7 Å². The molecule has 9 heteroatoms. The zero-order valence-corrected chi connectivity index (χ0v) is 21.2. The Hall–Kier alpha value is -2.62. The monoisotopic (exact) mass is 508 g/mol. The molecule has 0 radical (unpaired) electrons. The molecular weight excluding hydrogens is 485 g/mol. The first kappa shape index (κ1) is 23.1. The molecule has 0 atom stereocenters. The quantitative estimate of drug-likeness (QED) is 0.381. The predicted octanol–water partition coefficient (Wildman–Crippen LogP) is 4.00. The third-order valence-electron chi connectivity index (χ3n) is 5.99. The van der Waals surface area contributed by atoms with Crippen LogP contribution in [0.15, 0.2) is 58.4 Å². The fourth-order valence-electron chi connectivity index (χ4n) is 4.15. The highest BCUT2D eigenvalue weighted by molar-refractivity contribution is 8.26. The van der Waals surface area contributed by atoms with Gasteiger partial charge in [0.05, 0.1) is 10.5 Å². The standard InChI is InChI=1S/C25H24N4O2S3/c1-17-6-5-10-28-21(17)26-22(27-12-14-33-15-13-27)19(23(28)30)16-20-24(31)29(25(32)34-20)11-9-18-7-3-2-4-8-18/h2-8,10,16H,9,11-15H2,1H3/b20-16-. The molecule has 0 unspecified atom stereocenters. The number of hydrogen-bond donors (Lipinski definition) is 0. The first-order chi connectivity index (χ1) is 16.5. The molecule has 0 saturated carbocycles. The number of hydrogen-bond acceptors (Lipinski definition) is 7. The molecule has 0 spiro atoms. The van der Waals surface area contributed by atoms with E-state index in [-0.39, 0.29) is 11.5 Å². The van der Waals surface area contributed by atoms with Crippen molar-refractivity contribution in [1.29, 1.82) is 0 Å². The third-order valence-corrected chi connectivity index (χ3v) is 8.31. The molecule has 0 N–H and O–H groups in total. The van der Waals surface area contributed by atoms with Crippen LogP contribution in [-0.2, 0) is 11.2 Å². The van der Waals surface area contributed by atoms with Crippen molar-refractivity contribution in [3.8, 4) is 0 Å². The van der Waals surface area contributed by atoms with Gasteiger partial charge in [0, 0.05) is 37.3 Å². The Morgan fingerprint density at radius 3 is 2.62 bits per heavy atom. The zero-order chi connectivity index (χ0) is 23.7. The molecule has 6 nitrogen and oxygen atoms in total. The zero-order valence-electron chi connectivity index (χ0n) is 18.8. The average molecular weight is 509 g/mol. The number of amides is 1. The number of anilines is 1. The molecule has 1 amide bonds. The van der Waals surface area contributed by atoms with Crippen LogP contribution in [-0.4, -0.2) is 55.7 Å². The van der Waals surface area contributed by atoms with E-state index in [2.05, 4.69) is 4.90 Å². The van der Waals surface area contributed by atoms with E-state index >= 15 is 0 Å². The van der Waals surface area contributed by atoms with E-state index in [9.17, 15) is 9.59 Å². The molecule has 0 aliphatic carbocycles. The molecule has 2 aromatic heterocycles. The van der Waals surface area contributed by atoms with Crippen molar-refractivity contribution in [2.75, 3.05) is 36.0 Å². The molecule has 5 rings (SSSR count). The van der Waals surface area contributed by atoms with Gasteiger partial charge in [0.15, 0.2) is 0 Å². The highest BCUT2D eigenvalue weighted by atomic mass is 32.2. The van der Waals surface area contributed by atoms with Gasteiger partial charge in [-0.25, -0.2) is 4.98 Å². The van der Waals surface area contributed by atoms with Crippen LogP contribution in [0.3, 0.4) is 0 Å². The van der Waals surface area contributed by atoms with Gasteiger partial charge in [-0.15, -0.1) is 0 Å². The second kappa shape index (κ2) is 9.93. The number of carbonyl (C=O) groups excluding carboxylic acids is 1. The molecule has 2 saturated heterocycles. The Bertz CT molecular complexity index is 1350. The molecule has 4 heterocycles. The van der Waals surface area contributed by atoms with Gasteiger partial charge in [-0.05, 0) is 36.6 Å². The second-order valence-corrected chi connectivity index (χ2v) is 11.1. The van der Waals surface area contributed by atoms with Crippen molar-refractivity contribution < 1.29 is 4.79 Å². The van der Waals surface area contributed by atoms with Crippen LogP contribution in [0.2, 0.25) is 0 Å². The lowest BCUT2D eigenvalue weighted by Crippen LogP contribution is -2.36. The van der Waals surface area contributed by atoms with Gasteiger partial charge in [0.25, 0.3) is 11.5 Å². The number of benzene rings is 1. The minimum absolute atomic E-state index is 0.153. The van der Waals surface area contributed by atoms with Crippen molar-refractivity contribution in [3.05, 3.63) is 80.6 Å². The van der Waals surface area contributed by atoms with E-state index in [1.54, 1.807) is 21.6 Å². The van der Waals surface area contributed by atoms with E-state index in [1.165, 1.54) is 11.8 Å². The maximum absolute atomic E-state index is 13.6. The van der Waals surface area contributed by atoms with E-state index in [1.807, 2.05) is 61.2 Å². The number of thiocarbonyl (C=S) groups is 1. The smallest absolute Gasteiger partial charge is 0.267 e. The lowest BCUT2D eigenvalue weighted by atomic mass is 10.1. The molecule has 34 heavy (non-hydrogen) atoms. The van der Waals surface area contributed by atoms with Crippen LogP contribution in [0.4, 0.5) is 5.82 Å². The molecular formula is C25H24N4O2S3. The number of carbonyl (C=O) groups is 1. The third kappa shape index (κ3) is 4.52. The minimum atomic E-state index is -0.170. The Morgan fingerprint density at radius 2 is 1.85 bits per heavy atom. The number of aryl methyl sites for hydroxylation is 1. The highest BCUT2D eigenvalue weighted by Gasteiger charge is 2.33. The van der Waals surface area contributed by atoms with Gasteiger partial charge < -0.3 is 4.90 Å². The van der Waals surface area contributed by atoms with Gasteiger partial charge in [-0.1, -0.05) is 60.4 Å². The number of rotatable bonds is 5. The van der Waals surface area contributed by atoms with Gasteiger partial charge in [0.1, 0.15) is 15.8 Å². The van der Waals surface area contributed by atoms with Crippen LogP contribution in [0.5, 0.6) is 0 Å². The Balaban J connectivity index is 1.52. The van der Waals surface area contributed by atoms with E-state index in [0.29, 0.717) is 32.8 Å². The summed E-state index contributed by atoms with van der Waals surface area (Å²) in [7, 11) is 0. The number of fused-ring (bicyclic) bond motifs is 1. The predicted molar refractivity (Wildman–Crippen MR) is 146 cm³/mol. The maximum Gasteiger partial charge on any atom is 0.267 e. The van der Waals surface area contributed by atoms with Gasteiger partial charge in [-0.3, -0.25) is 18.9 Å². The summed E-state index contributed by atoms with van der Waals surface area (Å²) in [4.78, 5) is 36.0. The summed E-state index contributed by atoms with van der Waals surface area (Å²) >= 11 is 8.68. The maximum atomic E-state index is 13.6. The Morgan fingerprint density at radius 1 is 1.09 bits per heavy atom. The van der Waals surface area contributed by atoms with E-state index in [0.717, 1.165) is 42.1 Å². The van der Waals surface area contributed by atoms with Crippen molar-refractivity contribution in [2.24, 2.45) is 0 Å². The van der Waals surface area contributed by atoms with Gasteiger partial charge >= 0.3 is 0 Å². The molecule has 2 aliphatic rings. The van der Waals surface area contributed by atoms with E-state index in [4.69, 9.17) is 17.2 Å². The molecule has 3 aromatic rings. The van der Waals surface area contributed by atoms with Crippen molar-refractivity contribution in [1.82, 2.24) is 14.3 Å². The highest BCUT2D eigenvalue weighted by Crippen LogP contribution is 2.34. The summed E-state index contributed by atoms with van der Waals surface area (Å²) < 4.78 is 2.09. The van der Waals surface area contributed by atoms with Crippen molar-refractivity contribution >= 4 is 63.5 Å². The molecule has 1 aromatic carbocycles. The van der Waals surface area contributed by atoms with E-state index < -0.39 is 0 Å². The fourth-order valence-corrected chi connectivity index (χ4v) is 6.35. The number of aromatic nitrogens is 2. The largest absolute Gasteiger partial charge is 0.354 e. The van der Waals surface area contributed by atoms with Crippen LogP contribution >= 0.6 is 35.7 Å². The van der Waals surface area contributed by atoms with Gasteiger partial charge in [0.2, 0.25) is 0 Å².